The molecule has 1 aromatic carbocycles. The number of nitrogens with zero attached hydrogens (tertiary/aromatic N) is 1. The average Bonchev–Trinajstić information content (AvgIpc) is 2.62. The number of esters is 2. The third-order valence-electron chi connectivity index (χ3n) is 3.57. The predicted molar refractivity (Wildman–Crippen MR) is 100.0 cm³/mol. The van der Waals surface area contributed by atoms with Crippen molar-refractivity contribution in [2.24, 2.45) is 0 Å². The highest BCUT2D eigenvalue weighted by Crippen LogP contribution is 2.22. The van der Waals surface area contributed by atoms with Gasteiger partial charge in [-0.1, -0.05) is 38.8 Å². The molecular weight excluding hydrogens is 342 g/mol. The van der Waals surface area contributed by atoms with Gasteiger partial charge in [0.2, 0.25) is 6.04 Å². The molecule has 5 nitrogen and oxygen atoms in total. The van der Waals surface area contributed by atoms with Crippen LogP contribution in [-0.4, -0.2) is 37.7 Å². The Bertz CT molecular complexity index is 513. The van der Waals surface area contributed by atoms with E-state index in [9.17, 15) is 9.59 Å². The summed E-state index contributed by atoms with van der Waals surface area (Å²) >= 11 is 5.96. The summed E-state index contributed by atoms with van der Waals surface area (Å²) in [5, 5.41) is 0.595. The fourth-order valence-electron chi connectivity index (χ4n) is 2.28. The number of rotatable bonds is 11. The molecular formula is C19H28ClNO4. The van der Waals surface area contributed by atoms with Gasteiger partial charge in [0.05, 0.1) is 13.2 Å². The molecule has 0 N–H and O–H groups in total. The van der Waals surface area contributed by atoms with E-state index in [2.05, 4.69) is 6.92 Å². The molecule has 0 aliphatic heterocycles. The second kappa shape index (κ2) is 11.7. The Hall–Kier alpha value is -1.75. The van der Waals surface area contributed by atoms with Crippen molar-refractivity contribution < 1.29 is 19.1 Å². The maximum Gasteiger partial charge on any atom is 0.340 e. The number of unbranched alkanes of at least 4 members (excludes halogenated alkanes) is 1. The lowest BCUT2D eigenvalue weighted by Gasteiger charge is -2.30. The molecule has 25 heavy (non-hydrogen) atoms. The normalized spacial score (nSPS) is 10.6. The summed E-state index contributed by atoms with van der Waals surface area (Å²) in [6.07, 6.45) is 3.16. The van der Waals surface area contributed by atoms with Crippen LogP contribution in [0.3, 0.4) is 0 Å². The maximum atomic E-state index is 12.6. The number of benzene rings is 1. The van der Waals surface area contributed by atoms with Crippen molar-refractivity contribution in [3.63, 3.8) is 0 Å². The molecule has 0 aromatic heterocycles. The van der Waals surface area contributed by atoms with Crippen LogP contribution in [0, 0.1) is 0 Å². The van der Waals surface area contributed by atoms with E-state index >= 15 is 0 Å². The molecule has 0 unspecified atom stereocenters. The van der Waals surface area contributed by atoms with Crippen molar-refractivity contribution in [2.75, 3.05) is 24.7 Å². The average molecular weight is 370 g/mol. The first-order valence-corrected chi connectivity index (χ1v) is 9.28. The van der Waals surface area contributed by atoms with Crippen LogP contribution in [0.1, 0.15) is 46.5 Å². The minimum atomic E-state index is -1.11. The van der Waals surface area contributed by atoms with E-state index < -0.39 is 18.0 Å². The summed E-state index contributed by atoms with van der Waals surface area (Å²) in [5.74, 6) is -1.15. The lowest BCUT2D eigenvalue weighted by atomic mass is 10.1. The van der Waals surface area contributed by atoms with E-state index in [4.69, 9.17) is 21.1 Å². The first kappa shape index (κ1) is 21.3. The van der Waals surface area contributed by atoms with E-state index in [1.54, 1.807) is 29.2 Å². The Morgan fingerprint density at radius 2 is 1.48 bits per heavy atom. The Labute approximate surface area is 155 Å². The van der Waals surface area contributed by atoms with E-state index in [1.165, 1.54) is 0 Å². The van der Waals surface area contributed by atoms with E-state index in [0.29, 0.717) is 24.4 Å². The molecule has 0 amide bonds. The van der Waals surface area contributed by atoms with Crippen molar-refractivity contribution >= 4 is 29.2 Å². The van der Waals surface area contributed by atoms with Crippen LogP contribution in [0.5, 0.6) is 0 Å². The third kappa shape index (κ3) is 6.94. The monoisotopic (exact) mass is 369 g/mol. The number of carbonyl (C=O) groups excluding carboxylic acids is 2. The van der Waals surface area contributed by atoms with E-state index in [0.717, 1.165) is 18.5 Å². The highest BCUT2D eigenvalue weighted by Gasteiger charge is 2.36. The van der Waals surface area contributed by atoms with Crippen LogP contribution < -0.4 is 4.90 Å². The van der Waals surface area contributed by atoms with Gasteiger partial charge < -0.3 is 14.4 Å². The largest absolute Gasteiger partial charge is 0.464 e. The standard InChI is InChI=1S/C19H28ClNO4/c1-4-7-12-21(16-10-8-15(20)9-11-16)17(18(22)24-13-5-2)19(23)25-14-6-3/h8-11,17H,4-7,12-14H2,1-3H3. The molecule has 0 radical (unpaired) electrons. The van der Waals surface area contributed by atoms with Gasteiger partial charge in [0.25, 0.3) is 0 Å². The topological polar surface area (TPSA) is 55.8 Å². The van der Waals surface area contributed by atoms with Crippen LogP contribution >= 0.6 is 11.6 Å². The third-order valence-corrected chi connectivity index (χ3v) is 3.82. The van der Waals surface area contributed by atoms with Gasteiger partial charge in [-0.15, -0.1) is 0 Å². The fourth-order valence-corrected chi connectivity index (χ4v) is 2.41. The zero-order valence-corrected chi connectivity index (χ0v) is 16.1. The predicted octanol–water partition coefficient (Wildman–Crippen LogP) is 4.22. The lowest BCUT2D eigenvalue weighted by Crippen LogP contribution is -2.49. The number of ether oxygens (including phenoxy) is 2. The van der Waals surface area contributed by atoms with Crippen LogP contribution in [0.15, 0.2) is 24.3 Å². The molecule has 1 aromatic rings. The molecule has 0 spiro atoms. The highest BCUT2D eigenvalue weighted by molar-refractivity contribution is 6.30. The lowest BCUT2D eigenvalue weighted by molar-refractivity contribution is -0.157. The van der Waals surface area contributed by atoms with Gasteiger partial charge in [-0.25, -0.2) is 9.59 Å². The van der Waals surface area contributed by atoms with Gasteiger partial charge in [0, 0.05) is 17.3 Å². The van der Waals surface area contributed by atoms with Gasteiger partial charge >= 0.3 is 11.9 Å². The van der Waals surface area contributed by atoms with E-state index in [-0.39, 0.29) is 13.2 Å². The van der Waals surface area contributed by atoms with Crippen LogP contribution in [0.4, 0.5) is 5.69 Å². The number of anilines is 1. The zero-order chi connectivity index (χ0) is 18.7. The number of carbonyl (C=O) groups is 2. The number of hydrogen-bond acceptors (Lipinski definition) is 5. The summed E-state index contributed by atoms with van der Waals surface area (Å²) in [7, 11) is 0. The minimum Gasteiger partial charge on any atom is -0.464 e. The highest BCUT2D eigenvalue weighted by atomic mass is 35.5. The molecule has 140 valence electrons. The van der Waals surface area contributed by atoms with Crippen LogP contribution in [0.2, 0.25) is 5.02 Å². The molecule has 6 heteroatoms. The van der Waals surface area contributed by atoms with Crippen molar-refractivity contribution in [1.29, 1.82) is 0 Å². The molecule has 0 aliphatic carbocycles. The van der Waals surface area contributed by atoms with Gasteiger partial charge in [0.15, 0.2) is 0 Å². The van der Waals surface area contributed by atoms with Gasteiger partial charge in [-0.2, -0.15) is 0 Å². The number of hydrogen-bond donors (Lipinski definition) is 0. The summed E-state index contributed by atoms with van der Waals surface area (Å²) < 4.78 is 10.5. The van der Waals surface area contributed by atoms with Crippen LogP contribution in [-0.2, 0) is 19.1 Å². The van der Waals surface area contributed by atoms with Crippen molar-refractivity contribution in [3.05, 3.63) is 29.3 Å². The summed E-state index contributed by atoms with van der Waals surface area (Å²) in [4.78, 5) is 26.9. The quantitative estimate of drug-likeness (QED) is 0.431. The smallest absolute Gasteiger partial charge is 0.340 e. The Kier molecular flexibility index (Phi) is 10.0. The molecule has 0 saturated carbocycles. The van der Waals surface area contributed by atoms with Crippen molar-refractivity contribution in [1.82, 2.24) is 0 Å². The molecule has 0 atom stereocenters. The second-order valence-electron chi connectivity index (χ2n) is 5.76. The zero-order valence-electron chi connectivity index (χ0n) is 15.3. The molecule has 1 rings (SSSR count). The maximum absolute atomic E-state index is 12.6. The fraction of sp³-hybridized carbons (Fsp3) is 0.579. The Morgan fingerprint density at radius 3 is 1.92 bits per heavy atom. The number of halogens is 1. The van der Waals surface area contributed by atoms with Gasteiger partial charge in [-0.05, 0) is 43.5 Å². The van der Waals surface area contributed by atoms with Crippen molar-refractivity contribution in [3.8, 4) is 0 Å². The molecule has 0 fully saturated rings. The Morgan fingerprint density at radius 1 is 0.960 bits per heavy atom. The summed E-state index contributed by atoms with van der Waals surface area (Å²) in [6.45, 7) is 6.97. The molecule has 0 heterocycles. The van der Waals surface area contributed by atoms with E-state index in [1.807, 2.05) is 13.8 Å². The Balaban J connectivity index is 3.13. The first-order valence-electron chi connectivity index (χ1n) is 8.90. The van der Waals surface area contributed by atoms with Gasteiger partial charge in [0.1, 0.15) is 0 Å². The van der Waals surface area contributed by atoms with Gasteiger partial charge in [-0.3, -0.25) is 0 Å². The molecule has 0 saturated heterocycles. The molecule has 0 bridgehead atoms. The second-order valence-corrected chi connectivity index (χ2v) is 6.20. The summed E-state index contributed by atoms with van der Waals surface area (Å²) in [6, 6.07) is 5.96. The van der Waals surface area contributed by atoms with Crippen molar-refractivity contribution in [2.45, 2.75) is 52.5 Å². The summed E-state index contributed by atoms with van der Waals surface area (Å²) in [5.41, 5.74) is 0.741. The molecule has 0 aliphatic rings. The first-order chi connectivity index (χ1) is 12.0. The minimum absolute atomic E-state index is 0.276. The SMILES string of the molecule is CCCCN(c1ccc(Cl)cc1)C(C(=O)OCCC)C(=O)OCCC. The van der Waals surface area contributed by atoms with Crippen LogP contribution in [0.25, 0.3) is 0 Å².